The molecular formula is C46H52ClN7O7. The van der Waals surface area contributed by atoms with Crippen LogP contribution in [0.25, 0.3) is 10.9 Å². The molecule has 0 aliphatic carbocycles. The molecule has 3 N–H and O–H groups in total. The van der Waals surface area contributed by atoms with Crippen LogP contribution >= 0.6 is 11.6 Å². The molecule has 2 fully saturated rings. The molecule has 0 saturated carbocycles. The number of aromatic amines is 1. The van der Waals surface area contributed by atoms with Crippen LogP contribution in [0.5, 0.6) is 0 Å². The van der Waals surface area contributed by atoms with Gasteiger partial charge in [0.2, 0.25) is 17.7 Å². The van der Waals surface area contributed by atoms with Crippen LogP contribution in [-0.2, 0) is 36.9 Å². The lowest BCUT2D eigenvalue weighted by Crippen LogP contribution is -2.52. The molecule has 2 saturated heterocycles. The third-order valence-corrected chi connectivity index (χ3v) is 12.9. The predicted molar refractivity (Wildman–Crippen MR) is 230 cm³/mol. The number of hydrogen-bond acceptors (Lipinski definition) is 9. The number of hydrogen-bond donors (Lipinski definition) is 3. The number of carbonyl (C=O) groups is 6. The number of methoxy groups -OCH3 is 1. The summed E-state index contributed by atoms with van der Waals surface area (Å²) in [4.78, 5) is 88.2. The van der Waals surface area contributed by atoms with Gasteiger partial charge in [0, 0.05) is 91.1 Å². The highest BCUT2D eigenvalue weighted by atomic mass is 35.5. The van der Waals surface area contributed by atoms with Gasteiger partial charge in [-0.15, -0.1) is 11.6 Å². The monoisotopic (exact) mass is 849 g/mol. The van der Waals surface area contributed by atoms with Gasteiger partial charge in [0.1, 0.15) is 18.0 Å². The molecule has 5 heterocycles. The first-order valence-corrected chi connectivity index (χ1v) is 21.9. The zero-order valence-corrected chi connectivity index (χ0v) is 35.2. The average molecular weight is 850 g/mol. The van der Waals surface area contributed by atoms with Crippen molar-refractivity contribution in [3.63, 3.8) is 0 Å². The van der Waals surface area contributed by atoms with E-state index in [-0.39, 0.29) is 35.9 Å². The minimum absolute atomic E-state index is 0.0328. The predicted octanol–water partition coefficient (Wildman–Crippen LogP) is 5.00. The Balaban J connectivity index is 0.781. The molecule has 4 aliphatic rings. The summed E-state index contributed by atoms with van der Waals surface area (Å²) in [6.45, 7) is 5.05. The highest BCUT2D eigenvalue weighted by Crippen LogP contribution is 2.41. The number of H-pyrrole nitrogens is 1. The summed E-state index contributed by atoms with van der Waals surface area (Å²) in [7, 11) is 1.32. The van der Waals surface area contributed by atoms with Gasteiger partial charge < -0.3 is 29.7 Å². The molecule has 5 amide bonds. The van der Waals surface area contributed by atoms with E-state index in [9.17, 15) is 28.8 Å². The second kappa shape index (κ2) is 18.5. The number of aromatic nitrogens is 1. The first-order valence-electron chi connectivity index (χ1n) is 21.3. The number of para-hydroxylation sites is 1. The van der Waals surface area contributed by atoms with Crippen molar-refractivity contribution in [3.8, 4) is 0 Å². The molecule has 3 aromatic carbocycles. The second-order valence-electron chi connectivity index (χ2n) is 16.3. The summed E-state index contributed by atoms with van der Waals surface area (Å²) in [6.07, 6.45) is 6.29. The van der Waals surface area contributed by atoms with Gasteiger partial charge >= 0.3 is 5.97 Å². The second-order valence-corrected chi connectivity index (χ2v) is 16.6. The lowest BCUT2D eigenvalue weighted by molar-refractivity contribution is -0.154. The maximum atomic E-state index is 13.7. The Morgan fingerprint density at radius 1 is 0.869 bits per heavy atom. The Kier molecular flexibility index (Phi) is 12.7. The molecule has 3 atom stereocenters. The van der Waals surface area contributed by atoms with E-state index in [1.807, 2.05) is 53.4 Å². The fraction of sp³-hybridized carbons (Fsp3) is 0.435. The van der Waals surface area contributed by atoms with Crippen LogP contribution < -0.4 is 10.6 Å². The standard InChI is InChI=1S/C46H52ClN7O7/c1-61-46(60)38-26-33-31-10-5-6-12-36(31)49-41(33)42(54(38)40(56)27-47)29-14-16-30(17-15-29)44(58)52-24-22-51(23-25-52)21-8-4-2-3-7-20-48-35-13-9-11-32-34(35)28-53(45(32)59)37-18-19-39(55)50-43(37)57/h5-6,9-17,37-38,42,48-49H,2-4,7-8,18-28H2,1H3,(H,50,55,57)/t37?,38-,42+/m1/s1. The number of benzene rings is 3. The lowest BCUT2D eigenvalue weighted by Gasteiger charge is -2.40. The summed E-state index contributed by atoms with van der Waals surface area (Å²) >= 11 is 6.11. The van der Waals surface area contributed by atoms with Gasteiger partial charge in [0.25, 0.3) is 11.8 Å². The Bertz CT molecular complexity index is 2320. The maximum absolute atomic E-state index is 13.7. The Labute approximate surface area is 359 Å². The number of halogens is 1. The van der Waals surface area contributed by atoms with Crippen LogP contribution in [0.15, 0.2) is 66.7 Å². The first-order chi connectivity index (χ1) is 29.7. The number of piperazine rings is 1. The van der Waals surface area contributed by atoms with E-state index < -0.39 is 30.0 Å². The van der Waals surface area contributed by atoms with Gasteiger partial charge in [-0.05, 0) is 67.3 Å². The molecule has 8 rings (SSSR count). The number of anilines is 1. The molecule has 4 aliphatic heterocycles. The highest BCUT2D eigenvalue weighted by molar-refractivity contribution is 6.27. The molecule has 0 bridgehead atoms. The lowest BCUT2D eigenvalue weighted by atomic mass is 9.87. The first kappa shape index (κ1) is 42.0. The Morgan fingerprint density at radius 3 is 2.38 bits per heavy atom. The number of ether oxygens (including phenoxy) is 1. The minimum atomic E-state index is -0.853. The number of fused-ring (bicyclic) bond motifs is 4. The topological polar surface area (TPSA) is 164 Å². The van der Waals surface area contributed by atoms with E-state index >= 15 is 0 Å². The number of imide groups is 1. The molecule has 0 radical (unpaired) electrons. The molecular weight excluding hydrogens is 798 g/mol. The fourth-order valence-electron chi connectivity index (χ4n) is 9.46. The maximum Gasteiger partial charge on any atom is 0.328 e. The van der Waals surface area contributed by atoms with E-state index in [0.717, 1.165) is 97.3 Å². The third kappa shape index (κ3) is 8.60. The van der Waals surface area contributed by atoms with E-state index in [2.05, 4.69) is 20.5 Å². The van der Waals surface area contributed by atoms with Gasteiger partial charge in [-0.3, -0.25) is 34.2 Å². The summed E-state index contributed by atoms with van der Waals surface area (Å²) in [5.74, 6) is -2.08. The van der Waals surface area contributed by atoms with Crippen molar-refractivity contribution in [2.45, 2.75) is 76.0 Å². The van der Waals surface area contributed by atoms with Crippen molar-refractivity contribution in [1.82, 2.24) is 29.9 Å². The number of piperidine rings is 1. The quantitative estimate of drug-likeness (QED) is 0.0686. The van der Waals surface area contributed by atoms with Crippen molar-refractivity contribution in [3.05, 3.63) is 100 Å². The third-order valence-electron chi connectivity index (χ3n) is 12.7. The number of unbranched alkanes of at least 4 members (excludes halogenated alkanes) is 4. The zero-order chi connectivity index (χ0) is 42.6. The van der Waals surface area contributed by atoms with Crippen molar-refractivity contribution in [2.75, 3.05) is 57.6 Å². The van der Waals surface area contributed by atoms with Crippen LogP contribution in [0, 0.1) is 0 Å². The minimum Gasteiger partial charge on any atom is -0.467 e. The number of rotatable bonds is 14. The number of carbonyl (C=O) groups excluding carboxylic acids is 6. The number of alkyl halides is 1. The van der Waals surface area contributed by atoms with Crippen molar-refractivity contribution in [1.29, 1.82) is 0 Å². The molecule has 1 aromatic heterocycles. The molecule has 0 spiro atoms. The number of nitrogens with zero attached hydrogens (tertiary/aromatic N) is 4. The van der Waals surface area contributed by atoms with Crippen LogP contribution in [-0.4, -0.2) is 124 Å². The normalized spacial score (nSPS) is 20.4. The smallest absolute Gasteiger partial charge is 0.328 e. The summed E-state index contributed by atoms with van der Waals surface area (Å²) in [5.41, 5.74) is 6.45. The Hall–Kier alpha value is -5.73. The van der Waals surface area contributed by atoms with E-state index in [4.69, 9.17) is 16.3 Å². The molecule has 320 valence electrons. The van der Waals surface area contributed by atoms with Crippen molar-refractivity contribution >= 4 is 63.7 Å². The molecule has 61 heavy (non-hydrogen) atoms. The van der Waals surface area contributed by atoms with E-state index in [1.165, 1.54) is 12.0 Å². The number of nitrogens with one attached hydrogen (secondary N) is 3. The molecule has 4 aromatic rings. The van der Waals surface area contributed by atoms with Crippen LogP contribution in [0.2, 0.25) is 0 Å². The van der Waals surface area contributed by atoms with Gasteiger partial charge in [0.05, 0.1) is 13.2 Å². The number of amides is 5. The van der Waals surface area contributed by atoms with Gasteiger partial charge in [0.15, 0.2) is 0 Å². The van der Waals surface area contributed by atoms with Gasteiger partial charge in [-0.25, -0.2) is 4.79 Å². The van der Waals surface area contributed by atoms with E-state index in [0.29, 0.717) is 43.6 Å². The molecule has 1 unspecified atom stereocenters. The summed E-state index contributed by atoms with van der Waals surface area (Å²) < 4.78 is 5.15. The average Bonchev–Trinajstić information content (AvgIpc) is 3.83. The number of esters is 1. The molecule has 14 nitrogen and oxygen atoms in total. The summed E-state index contributed by atoms with van der Waals surface area (Å²) in [6, 6.07) is 18.7. The van der Waals surface area contributed by atoms with Gasteiger partial charge in [-0.2, -0.15) is 0 Å². The summed E-state index contributed by atoms with van der Waals surface area (Å²) in [5, 5.41) is 6.85. The van der Waals surface area contributed by atoms with Gasteiger partial charge in [-0.1, -0.05) is 55.7 Å². The highest BCUT2D eigenvalue weighted by Gasteiger charge is 2.44. The zero-order valence-electron chi connectivity index (χ0n) is 34.4. The van der Waals surface area contributed by atoms with E-state index in [1.54, 1.807) is 23.1 Å². The van der Waals surface area contributed by atoms with Crippen LogP contribution in [0.3, 0.4) is 0 Å². The Morgan fingerprint density at radius 2 is 1.62 bits per heavy atom. The fourth-order valence-corrected chi connectivity index (χ4v) is 9.60. The van der Waals surface area contributed by atoms with Crippen LogP contribution in [0.1, 0.15) is 94.1 Å². The van der Waals surface area contributed by atoms with Crippen molar-refractivity contribution < 1.29 is 33.5 Å². The molecule has 15 heteroatoms. The largest absolute Gasteiger partial charge is 0.467 e. The SMILES string of the molecule is COC(=O)[C@H]1Cc2c([nH]c3ccccc23)[C@H](c2ccc(C(=O)N3CCN(CCCCCCCNc4cccc5c4CN(C4CCC(=O)NC4=O)C5=O)CC3)cc2)N1C(=O)CCl. The van der Waals surface area contributed by atoms with Crippen LogP contribution in [0.4, 0.5) is 5.69 Å². The van der Waals surface area contributed by atoms with Crippen molar-refractivity contribution in [2.24, 2.45) is 0 Å².